The Morgan fingerprint density at radius 1 is 1.50 bits per heavy atom. The Morgan fingerprint density at radius 3 is 2.60 bits per heavy atom. The number of rotatable bonds is 4. The molecule has 0 spiro atoms. The summed E-state index contributed by atoms with van der Waals surface area (Å²) in [6.45, 7) is 9.29. The van der Waals surface area contributed by atoms with E-state index in [4.69, 9.17) is 10.5 Å². The maximum absolute atomic E-state index is 12.0. The van der Waals surface area contributed by atoms with Gasteiger partial charge in [-0.25, -0.2) is 4.79 Å². The first kappa shape index (κ1) is 16.0. The summed E-state index contributed by atoms with van der Waals surface area (Å²) in [5.74, 6) is -0.789. The van der Waals surface area contributed by atoms with Gasteiger partial charge in [-0.05, 0) is 34.6 Å². The van der Waals surface area contributed by atoms with Crippen LogP contribution in [0, 0.1) is 0 Å². The van der Waals surface area contributed by atoms with E-state index in [0.29, 0.717) is 0 Å². The molecule has 1 amide bonds. The SMILES string of the molecule is CCOC(=O)c1nn(C(C)C(=O)NC(C)(C)C)cc1N. The lowest BCUT2D eigenvalue weighted by Crippen LogP contribution is -2.43. The Labute approximate surface area is 118 Å². The zero-order valence-corrected chi connectivity index (χ0v) is 12.6. The summed E-state index contributed by atoms with van der Waals surface area (Å²) in [4.78, 5) is 23.7. The molecule has 0 fully saturated rings. The Bertz CT molecular complexity index is 502. The van der Waals surface area contributed by atoms with Crippen LogP contribution in [-0.2, 0) is 9.53 Å². The smallest absolute Gasteiger partial charge is 0.361 e. The molecule has 0 saturated carbocycles. The van der Waals surface area contributed by atoms with Gasteiger partial charge >= 0.3 is 5.97 Å². The van der Waals surface area contributed by atoms with Crippen molar-refractivity contribution in [3.05, 3.63) is 11.9 Å². The van der Waals surface area contributed by atoms with Gasteiger partial charge in [0, 0.05) is 11.7 Å². The lowest BCUT2D eigenvalue weighted by molar-refractivity contribution is -0.125. The van der Waals surface area contributed by atoms with E-state index in [1.807, 2.05) is 20.8 Å². The van der Waals surface area contributed by atoms with Crippen LogP contribution in [0.25, 0.3) is 0 Å². The van der Waals surface area contributed by atoms with Gasteiger partial charge in [0.25, 0.3) is 0 Å². The number of aromatic nitrogens is 2. The molecule has 1 atom stereocenters. The predicted molar refractivity (Wildman–Crippen MR) is 75.2 cm³/mol. The van der Waals surface area contributed by atoms with Crippen LogP contribution in [0.4, 0.5) is 5.69 Å². The zero-order chi connectivity index (χ0) is 15.5. The molecular weight excluding hydrogens is 260 g/mol. The summed E-state index contributed by atoms with van der Waals surface area (Å²) in [5.41, 5.74) is 5.61. The van der Waals surface area contributed by atoms with Gasteiger partial charge in [0.15, 0.2) is 5.69 Å². The van der Waals surface area contributed by atoms with Crippen molar-refractivity contribution < 1.29 is 14.3 Å². The standard InChI is InChI=1S/C13H22N4O3/c1-6-20-12(19)10-9(14)7-17(16-10)8(2)11(18)15-13(3,4)5/h7-8H,6,14H2,1-5H3,(H,15,18). The summed E-state index contributed by atoms with van der Waals surface area (Å²) in [5, 5.41) is 6.88. The molecule has 0 aliphatic carbocycles. The summed E-state index contributed by atoms with van der Waals surface area (Å²) in [6, 6.07) is -0.570. The van der Waals surface area contributed by atoms with E-state index in [9.17, 15) is 9.59 Å². The minimum Gasteiger partial charge on any atom is -0.461 e. The topological polar surface area (TPSA) is 99.2 Å². The number of anilines is 1. The van der Waals surface area contributed by atoms with E-state index < -0.39 is 12.0 Å². The fourth-order valence-electron chi connectivity index (χ4n) is 1.56. The molecule has 0 radical (unpaired) electrons. The largest absolute Gasteiger partial charge is 0.461 e. The van der Waals surface area contributed by atoms with Crippen molar-refractivity contribution in [3.63, 3.8) is 0 Å². The maximum atomic E-state index is 12.0. The molecule has 0 aliphatic heterocycles. The number of nitrogen functional groups attached to an aromatic ring is 1. The molecular formula is C13H22N4O3. The van der Waals surface area contributed by atoms with Crippen LogP contribution in [-0.4, -0.2) is 33.8 Å². The Morgan fingerprint density at radius 2 is 2.10 bits per heavy atom. The van der Waals surface area contributed by atoms with E-state index in [-0.39, 0.29) is 29.4 Å². The van der Waals surface area contributed by atoms with E-state index in [1.165, 1.54) is 10.9 Å². The van der Waals surface area contributed by atoms with Crippen LogP contribution in [0.5, 0.6) is 0 Å². The monoisotopic (exact) mass is 282 g/mol. The summed E-state index contributed by atoms with van der Waals surface area (Å²) in [6.07, 6.45) is 1.46. The normalized spacial score (nSPS) is 12.8. The number of ether oxygens (including phenoxy) is 1. The molecule has 0 saturated heterocycles. The third kappa shape index (κ3) is 3.97. The molecule has 7 nitrogen and oxygen atoms in total. The number of amides is 1. The average Bonchev–Trinajstić information content (AvgIpc) is 2.68. The van der Waals surface area contributed by atoms with Crippen molar-refractivity contribution >= 4 is 17.6 Å². The van der Waals surface area contributed by atoms with E-state index in [1.54, 1.807) is 13.8 Å². The minimum atomic E-state index is -0.591. The predicted octanol–water partition coefficient (Wildman–Crippen LogP) is 1.12. The second-order valence-corrected chi connectivity index (χ2v) is 5.55. The molecule has 7 heteroatoms. The zero-order valence-electron chi connectivity index (χ0n) is 12.6. The average molecular weight is 282 g/mol. The lowest BCUT2D eigenvalue weighted by Gasteiger charge is -2.23. The Kier molecular flexibility index (Phi) is 4.75. The molecule has 112 valence electrons. The van der Waals surface area contributed by atoms with Crippen LogP contribution < -0.4 is 11.1 Å². The van der Waals surface area contributed by atoms with Crippen molar-refractivity contribution in [2.45, 2.75) is 46.2 Å². The van der Waals surface area contributed by atoms with Gasteiger partial charge < -0.3 is 15.8 Å². The fourth-order valence-corrected chi connectivity index (χ4v) is 1.56. The highest BCUT2D eigenvalue weighted by Gasteiger charge is 2.24. The first-order chi connectivity index (χ1) is 9.15. The first-order valence-electron chi connectivity index (χ1n) is 6.49. The summed E-state index contributed by atoms with van der Waals surface area (Å²) >= 11 is 0. The van der Waals surface area contributed by atoms with Gasteiger partial charge in [-0.2, -0.15) is 5.10 Å². The van der Waals surface area contributed by atoms with Gasteiger partial charge in [-0.1, -0.05) is 0 Å². The molecule has 1 heterocycles. The number of esters is 1. The van der Waals surface area contributed by atoms with Gasteiger partial charge in [-0.3, -0.25) is 9.48 Å². The molecule has 20 heavy (non-hydrogen) atoms. The van der Waals surface area contributed by atoms with E-state index >= 15 is 0 Å². The van der Waals surface area contributed by atoms with Crippen molar-refractivity contribution in [1.29, 1.82) is 0 Å². The molecule has 0 bridgehead atoms. The number of nitrogens with one attached hydrogen (secondary N) is 1. The Hall–Kier alpha value is -2.05. The number of hydrogen-bond acceptors (Lipinski definition) is 5. The van der Waals surface area contributed by atoms with Crippen molar-refractivity contribution in [2.24, 2.45) is 0 Å². The van der Waals surface area contributed by atoms with Crippen LogP contribution in [0.3, 0.4) is 0 Å². The minimum absolute atomic E-state index is 0.0299. The number of nitrogens with two attached hydrogens (primary N) is 1. The fraction of sp³-hybridized carbons (Fsp3) is 0.615. The van der Waals surface area contributed by atoms with E-state index in [2.05, 4.69) is 10.4 Å². The number of carbonyl (C=O) groups is 2. The molecule has 1 unspecified atom stereocenters. The number of hydrogen-bond donors (Lipinski definition) is 2. The third-order valence-corrected chi connectivity index (χ3v) is 2.50. The molecule has 1 aromatic heterocycles. The second kappa shape index (κ2) is 5.94. The molecule has 3 N–H and O–H groups in total. The first-order valence-corrected chi connectivity index (χ1v) is 6.49. The third-order valence-electron chi connectivity index (χ3n) is 2.50. The summed E-state index contributed by atoms with van der Waals surface area (Å²) < 4.78 is 6.21. The number of nitrogens with zero attached hydrogens (tertiary/aromatic N) is 2. The van der Waals surface area contributed by atoms with Gasteiger partial charge in [0.2, 0.25) is 5.91 Å². The highest BCUT2D eigenvalue weighted by molar-refractivity contribution is 5.92. The van der Waals surface area contributed by atoms with Crippen LogP contribution in [0.2, 0.25) is 0 Å². The Balaban J connectivity index is 2.90. The molecule has 0 aromatic carbocycles. The molecule has 1 rings (SSSR count). The maximum Gasteiger partial charge on any atom is 0.361 e. The van der Waals surface area contributed by atoms with Crippen LogP contribution in [0.1, 0.15) is 51.1 Å². The number of carbonyl (C=O) groups excluding carboxylic acids is 2. The highest BCUT2D eigenvalue weighted by Crippen LogP contribution is 2.15. The van der Waals surface area contributed by atoms with Crippen molar-refractivity contribution in [3.8, 4) is 0 Å². The van der Waals surface area contributed by atoms with Crippen LogP contribution >= 0.6 is 0 Å². The quantitative estimate of drug-likeness (QED) is 0.806. The second-order valence-electron chi connectivity index (χ2n) is 5.55. The molecule has 0 aliphatic rings. The van der Waals surface area contributed by atoms with Gasteiger partial charge in [0.1, 0.15) is 6.04 Å². The van der Waals surface area contributed by atoms with Crippen molar-refractivity contribution in [1.82, 2.24) is 15.1 Å². The van der Waals surface area contributed by atoms with E-state index in [0.717, 1.165) is 0 Å². The highest BCUT2D eigenvalue weighted by atomic mass is 16.5. The molecule has 1 aromatic rings. The van der Waals surface area contributed by atoms with Gasteiger partial charge in [0.05, 0.1) is 12.3 Å². The van der Waals surface area contributed by atoms with Crippen LogP contribution in [0.15, 0.2) is 6.20 Å². The lowest BCUT2D eigenvalue weighted by atomic mass is 10.1. The summed E-state index contributed by atoms with van der Waals surface area (Å²) in [7, 11) is 0. The van der Waals surface area contributed by atoms with Gasteiger partial charge in [-0.15, -0.1) is 0 Å². The van der Waals surface area contributed by atoms with Crippen molar-refractivity contribution in [2.75, 3.05) is 12.3 Å².